The number of imide groups is 1. The molecule has 158 valence electrons. The maximum absolute atomic E-state index is 12.8. The molecule has 5 rings (SSSR count). The van der Waals surface area contributed by atoms with E-state index in [1.807, 2.05) is 12.1 Å². The van der Waals surface area contributed by atoms with Crippen molar-refractivity contribution in [3.8, 4) is 0 Å². The lowest BCUT2D eigenvalue weighted by atomic mass is 9.85. The van der Waals surface area contributed by atoms with Crippen molar-refractivity contribution in [2.45, 2.75) is 13.0 Å². The minimum atomic E-state index is -0.382. The molecule has 3 fully saturated rings. The maximum atomic E-state index is 12.8. The fourth-order valence-electron chi connectivity index (χ4n) is 5.58. The van der Waals surface area contributed by atoms with Gasteiger partial charge in [0.2, 0.25) is 11.8 Å². The maximum Gasteiger partial charge on any atom is 0.269 e. The number of hydrogen-bond donors (Lipinski definition) is 0. The first-order valence-corrected chi connectivity index (χ1v) is 10.7. The van der Waals surface area contributed by atoms with Gasteiger partial charge in [-0.2, -0.15) is 0 Å². The lowest BCUT2D eigenvalue weighted by Crippen LogP contribution is -2.48. The molecule has 1 aromatic rings. The Morgan fingerprint density at radius 1 is 0.867 bits per heavy atom. The van der Waals surface area contributed by atoms with Crippen LogP contribution in [0.4, 0.5) is 5.69 Å². The summed E-state index contributed by atoms with van der Waals surface area (Å²) in [6.45, 7) is 5.58. The Hall–Kier alpha value is -2.58. The van der Waals surface area contributed by atoms with Crippen LogP contribution in [-0.2, 0) is 16.1 Å². The van der Waals surface area contributed by atoms with Crippen LogP contribution in [0.1, 0.15) is 12.0 Å². The van der Waals surface area contributed by atoms with Crippen LogP contribution in [0.2, 0.25) is 0 Å². The first-order valence-electron chi connectivity index (χ1n) is 10.7. The lowest BCUT2D eigenvalue weighted by Gasteiger charge is -2.35. The minimum Gasteiger partial charge on any atom is -0.299 e. The van der Waals surface area contributed by atoms with E-state index >= 15 is 0 Å². The van der Waals surface area contributed by atoms with Gasteiger partial charge in [0.25, 0.3) is 5.69 Å². The molecule has 4 atom stereocenters. The molecule has 8 heteroatoms. The van der Waals surface area contributed by atoms with Crippen molar-refractivity contribution in [1.82, 2.24) is 14.7 Å². The monoisotopic (exact) mass is 410 g/mol. The molecule has 0 N–H and O–H groups in total. The molecule has 2 aliphatic carbocycles. The van der Waals surface area contributed by atoms with E-state index in [1.165, 1.54) is 4.90 Å². The second kappa shape index (κ2) is 7.59. The summed E-state index contributed by atoms with van der Waals surface area (Å²) in [5.41, 5.74) is 1.18. The van der Waals surface area contributed by atoms with E-state index < -0.39 is 0 Å². The SMILES string of the molecule is O=C1[C@@H]2[C@@H](C(=O)N1CCN1CCN(Cc3ccc([N+](=O)[O-])cc3)CC1)[C@H]1C=C[C@H]2C1. The molecule has 2 bridgehead atoms. The van der Waals surface area contributed by atoms with Gasteiger partial charge in [0.15, 0.2) is 0 Å². The van der Waals surface area contributed by atoms with Gasteiger partial charge in [-0.3, -0.25) is 34.4 Å². The fourth-order valence-corrected chi connectivity index (χ4v) is 5.58. The van der Waals surface area contributed by atoms with Gasteiger partial charge in [0, 0.05) is 57.9 Å². The van der Waals surface area contributed by atoms with E-state index in [1.54, 1.807) is 12.1 Å². The molecule has 1 aromatic carbocycles. The van der Waals surface area contributed by atoms with E-state index in [4.69, 9.17) is 0 Å². The van der Waals surface area contributed by atoms with Crippen molar-refractivity contribution in [2.24, 2.45) is 23.7 Å². The Kier molecular flexibility index (Phi) is 4.91. The van der Waals surface area contributed by atoms with Crippen molar-refractivity contribution in [3.63, 3.8) is 0 Å². The number of allylic oxidation sites excluding steroid dienone is 2. The summed E-state index contributed by atoms with van der Waals surface area (Å²) < 4.78 is 0. The van der Waals surface area contributed by atoms with E-state index in [2.05, 4.69) is 22.0 Å². The van der Waals surface area contributed by atoms with Gasteiger partial charge in [-0.15, -0.1) is 0 Å². The molecular formula is C22H26N4O4. The first-order chi connectivity index (χ1) is 14.5. The van der Waals surface area contributed by atoms with Crippen molar-refractivity contribution < 1.29 is 14.5 Å². The zero-order valence-corrected chi connectivity index (χ0v) is 16.9. The topological polar surface area (TPSA) is 87.0 Å². The van der Waals surface area contributed by atoms with Gasteiger partial charge in [-0.1, -0.05) is 24.3 Å². The van der Waals surface area contributed by atoms with Gasteiger partial charge < -0.3 is 0 Å². The number of carbonyl (C=O) groups excluding carboxylic acids is 2. The summed E-state index contributed by atoms with van der Waals surface area (Å²) >= 11 is 0. The number of likely N-dealkylation sites (tertiary alicyclic amines) is 1. The summed E-state index contributed by atoms with van der Waals surface area (Å²) in [6.07, 6.45) is 5.23. The number of benzene rings is 1. The number of piperazine rings is 1. The summed E-state index contributed by atoms with van der Waals surface area (Å²) in [6, 6.07) is 6.72. The number of amides is 2. The first kappa shape index (κ1) is 19.4. The molecule has 2 amide bonds. The second-order valence-corrected chi connectivity index (χ2v) is 8.87. The van der Waals surface area contributed by atoms with Gasteiger partial charge >= 0.3 is 0 Å². The third kappa shape index (κ3) is 3.33. The molecular weight excluding hydrogens is 384 g/mol. The smallest absolute Gasteiger partial charge is 0.269 e. The number of nitro groups is 1. The molecule has 2 heterocycles. The highest BCUT2D eigenvalue weighted by Gasteiger charge is 2.59. The number of rotatable bonds is 6. The average molecular weight is 410 g/mol. The Morgan fingerprint density at radius 3 is 2.00 bits per heavy atom. The highest BCUT2D eigenvalue weighted by atomic mass is 16.6. The molecule has 0 spiro atoms. The number of nitrogens with zero attached hydrogens (tertiary/aromatic N) is 4. The van der Waals surface area contributed by atoms with Crippen LogP contribution >= 0.6 is 0 Å². The molecule has 2 saturated heterocycles. The Bertz CT molecular complexity index is 861. The third-order valence-corrected chi connectivity index (χ3v) is 7.22. The predicted molar refractivity (Wildman–Crippen MR) is 109 cm³/mol. The summed E-state index contributed by atoms with van der Waals surface area (Å²) in [7, 11) is 0. The van der Waals surface area contributed by atoms with Crippen LogP contribution in [0.3, 0.4) is 0 Å². The predicted octanol–water partition coefficient (Wildman–Crippen LogP) is 1.52. The fraction of sp³-hybridized carbons (Fsp3) is 0.545. The summed E-state index contributed by atoms with van der Waals surface area (Å²) in [5, 5.41) is 10.8. The van der Waals surface area contributed by atoms with Crippen molar-refractivity contribution in [3.05, 3.63) is 52.1 Å². The normalized spacial score (nSPS) is 31.0. The zero-order valence-electron chi connectivity index (χ0n) is 16.9. The number of non-ortho nitro benzene ring substituents is 1. The van der Waals surface area contributed by atoms with Crippen LogP contribution in [0.25, 0.3) is 0 Å². The molecule has 0 aromatic heterocycles. The standard InChI is InChI=1S/C22H26N4O4/c27-21-19-16-3-4-17(13-16)20(19)22(28)25(21)12-11-23-7-9-24(10-8-23)14-15-1-5-18(6-2-15)26(29)30/h1-6,16-17,19-20H,7-14H2/t16-,17-,19-,20-/m0/s1. The van der Waals surface area contributed by atoms with Crippen molar-refractivity contribution in [2.75, 3.05) is 39.3 Å². The van der Waals surface area contributed by atoms with Gasteiger partial charge in [-0.25, -0.2) is 0 Å². The van der Waals surface area contributed by atoms with Crippen LogP contribution < -0.4 is 0 Å². The Balaban J connectivity index is 1.09. The summed E-state index contributed by atoms with van der Waals surface area (Å²) in [5.74, 6) is 0.406. The van der Waals surface area contributed by atoms with E-state index in [0.29, 0.717) is 6.54 Å². The average Bonchev–Trinajstić information content (AvgIpc) is 3.42. The highest BCUT2D eigenvalue weighted by Crippen LogP contribution is 2.52. The number of fused-ring (bicyclic) bond motifs is 5. The number of nitro benzene ring substituents is 1. The Labute approximate surface area is 175 Å². The molecule has 2 aliphatic heterocycles. The molecule has 8 nitrogen and oxygen atoms in total. The quantitative estimate of drug-likeness (QED) is 0.306. The number of carbonyl (C=O) groups is 2. The number of hydrogen-bond acceptors (Lipinski definition) is 6. The van der Waals surface area contributed by atoms with Gasteiger partial charge in [0.05, 0.1) is 16.8 Å². The van der Waals surface area contributed by atoms with Gasteiger partial charge in [-0.05, 0) is 23.8 Å². The Morgan fingerprint density at radius 2 is 1.43 bits per heavy atom. The molecule has 30 heavy (non-hydrogen) atoms. The molecule has 0 radical (unpaired) electrons. The highest BCUT2D eigenvalue weighted by molar-refractivity contribution is 6.06. The van der Waals surface area contributed by atoms with Crippen LogP contribution in [0, 0.1) is 33.8 Å². The molecule has 4 aliphatic rings. The lowest BCUT2D eigenvalue weighted by molar-refractivity contribution is -0.384. The zero-order chi connectivity index (χ0) is 20.8. The summed E-state index contributed by atoms with van der Waals surface area (Å²) in [4.78, 5) is 42.1. The van der Waals surface area contributed by atoms with E-state index in [0.717, 1.165) is 51.3 Å². The van der Waals surface area contributed by atoms with E-state index in [-0.39, 0.29) is 46.1 Å². The second-order valence-electron chi connectivity index (χ2n) is 8.87. The van der Waals surface area contributed by atoms with Crippen molar-refractivity contribution >= 4 is 17.5 Å². The van der Waals surface area contributed by atoms with Crippen LogP contribution in [-0.4, -0.2) is 70.7 Å². The van der Waals surface area contributed by atoms with Crippen molar-refractivity contribution in [1.29, 1.82) is 0 Å². The van der Waals surface area contributed by atoms with Crippen LogP contribution in [0.5, 0.6) is 0 Å². The largest absolute Gasteiger partial charge is 0.299 e. The third-order valence-electron chi connectivity index (χ3n) is 7.22. The molecule has 0 unspecified atom stereocenters. The molecule has 1 saturated carbocycles. The minimum absolute atomic E-state index is 0.0404. The van der Waals surface area contributed by atoms with E-state index in [9.17, 15) is 19.7 Å². The van der Waals surface area contributed by atoms with Gasteiger partial charge in [0.1, 0.15) is 0 Å². The van der Waals surface area contributed by atoms with Crippen LogP contribution in [0.15, 0.2) is 36.4 Å².